The van der Waals surface area contributed by atoms with Crippen LogP contribution in [0.25, 0.3) is 27.6 Å². The van der Waals surface area contributed by atoms with Gasteiger partial charge < -0.3 is 28.9 Å². The minimum Gasteiger partial charge on any atom is -0.509 e. The smallest absolute Gasteiger partial charge is 0.135 e. The Bertz CT molecular complexity index is 4100. The van der Waals surface area contributed by atoms with E-state index < -0.39 is 0 Å². The first-order valence-electron chi connectivity index (χ1n) is 28.1. The summed E-state index contributed by atoms with van der Waals surface area (Å²) in [5.74, 6) is 2.73. The van der Waals surface area contributed by atoms with Gasteiger partial charge in [-0.25, -0.2) is 9.97 Å². The topological polar surface area (TPSA) is 52.9 Å². The predicted octanol–water partition coefficient (Wildman–Crippen LogP) is 19.2. The summed E-state index contributed by atoms with van der Waals surface area (Å²) in [6.07, 6.45) is 3.78. The van der Waals surface area contributed by atoms with Gasteiger partial charge in [0.05, 0.1) is 45.5 Å². The average molecular weight is 1250 g/mol. The molecule has 11 aromatic rings. The quantitative estimate of drug-likeness (QED) is 0.147. The van der Waals surface area contributed by atoms with Crippen molar-refractivity contribution in [2.45, 2.75) is 90.9 Å². The summed E-state index contributed by atoms with van der Waals surface area (Å²) in [7, 11) is 0. The molecule has 82 heavy (non-hydrogen) atoms. The fourth-order valence-corrected chi connectivity index (χ4v) is 12.8. The Morgan fingerprint density at radius 1 is 0.451 bits per heavy atom. The van der Waals surface area contributed by atoms with E-state index in [1.807, 2.05) is 36.7 Å². The number of pyridine rings is 2. The minimum atomic E-state index is -0.266. The second-order valence-corrected chi connectivity index (χ2v) is 24.9. The van der Waals surface area contributed by atoms with Gasteiger partial charge in [-0.1, -0.05) is 171 Å². The van der Waals surface area contributed by atoms with E-state index in [-0.39, 0.29) is 42.7 Å². The number of nitrogens with zero attached hydrogens (tertiary/aromatic N) is 7. The first kappa shape index (κ1) is 52.9. The van der Waals surface area contributed by atoms with Crippen molar-refractivity contribution in [1.82, 2.24) is 14.5 Å². The van der Waals surface area contributed by atoms with Gasteiger partial charge in [0.25, 0.3) is 0 Å². The largest absolute Gasteiger partial charge is 0.509 e. The SMILES string of the molecule is CC(C)(C)c1ccnc(-n2c3[c-]c(Oc4[c-]c(N5[CH-]N(c6c(N7c8ccccc8C(C)(C)c8ccccc87)cc(C(C)(C)C)cc6N6c7ccccc7C(C)(C)c7ccccc76)c6cccnc65)ccc4)ccc3c3ccccc32)c1.[Pt]. The molecule has 0 atom stereocenters. The van der Waals surface area contributed by atoms with E-state index >= 15 is 0 Å². The number of fused-ring (bicyclic) bond motifs is 8. The van der Waals surface area contributed by atoms with E-state index in [1.54, 1.807) is 0 Å². The van der Waals surface area contributed by atoms with Crippen LogP contribution in [0.1, 0.15) is 103 Å². The van der Waals surface area contributed by atoms with Gasteiger partial charge in [0, 0.05) is 61.3 Å². The number of ether oxygens (including phenoxy) is 1. The van der Waals surface area contributed by atoms with Crippen LogP contribution in [-0.4, -0.2) is 14.5 Å². The molecule has 0 saturated heterocycles. The molecule has 3 aromatic heterocycles. The van der Waals surface area contributed by atoms with Gasteiger partial charge in [-0.15, -0.1) is 42.4 Å². The summed E-state index contributed by atoms with van der Waals surface area (Å²) in [4.78, 5) is 19.7. The fraction of sp³-hybridized carbons (Fsp3) is 0.192. The van der Waals surface area contributed by atoms with Crippen LogP contribution >= 0.6 is 0 Å². The maximum Gasteiger partial charge on any atom is 0.135 e. The zero-order valence-electron chi connectivity index (χ0n) is 48.0. The van der Waals surface area contributed by atoms with Crippen LogP contribution < -0.4 is 24.3 Å². The number of aromatic nitrogens is 3. The molecule has 3 aliphatic heterocycles. The summed E-state index contributed by atoms with van der Waals surface area (Å²) in [5, 5.41) is 2.20. The van der Waals surface area contributed by atoms with Crippen molar-refractivity contribution in [2.24, 2.45) is 0 Å². The van der Waals surface area contributed by atoms with Gasteiger partial charge in [0.2, 0.25) is 0 Å². The maximum absolute atomic E-state index is 6.83. The van der Waals surface area contributed by atoms with Crippen molar-refractivity contribution in [2.75, 3.05) is 19.6 Å². The Kier molecular flexibility index (Phi) is 12.5. The Labute approximate surface area is 496 Å². The molecule has 0 unspecified atom stereocenters. The molecule has 9 heteroatoms. The van der Waals surface area contributed by atoms with Crippen LogP contribution in [0, 0.1) is 18.8 Å². The predicted molar refractivity (Wildman–Crippen MR) is 333 cm³/mol. The number of rotatable bonds is 7. The van der Waals surface area contributed by atoms with Crippen molar-refractivity contribution in [1.29, 1.82) is 0 Å². The van der Waals surface area contributed by atoms with Crippen LogP contribution in [-0.2, 0) is 42.7 Å². The molecule has 14 rings (SSSR count). The molecule has 3 aliphatic rings. The van der Waals surface area contributed by atoms with Crippen LogP contribution in [0.15, 0.2) is 200 Å². The number of para-hydroxylation sites is 5. The molecule has 0 saturated carbocycles. The van der Waals surface area contributed by atoms with E-state index in [9.17, 15) is 0 Å². The molecule has 6 heterocycles. The van der Waals surface area contributed by atoms with Crippen molar-refractivity contribution in [3.8, 4) is 17.3 Å². The molecule has 0 N–H and O–H groups in total. The zero-order valence-corrected chi connectivity index (χ0v) is 50.3. The molecule has 0 radical (unpaired) electrons. The normalized spacial score (nSPS) is 14.9. The number of hydrogen-bond acceptors (Lipinski definition) is 7. The molecule has 0 bridgehead atoms. The van der Waals surface area contributed by atoms with E-state index in [0.29, 0.717) is 11.5 Å². The van der Waals surface area contributed by atoms with Crippen molar-refractivity contribution < 1.29 is 25.8 Å². The van der Waals surface area contributed by atoms with E-state index in [4.69, 9.17) is 14.7 Å². The number of hydrogen-bond donors (Lipinski definition) is 0. The molecular weight excluding hydrogens is 1190 g/mol. The molecular formula is C73H64N7OPt-3. The van der Waals surface area contributed by atoms with Gasteiger partial charge in [0.1, 0.15) is 11.6 Å². The number of benzene rings is 8. The van der Waals surface area contributed by atoms with Crippen LogP contribution in [0.4, 0.5) is 57.0 Å². The summed E-state index contributed by atoms with van der Waals surface area (Å²) >= 11 is 0. The first-order valence-corrected chi connectivity index (χ1v) is 28.1. The number of anilines is 10. The van der Waals surface area contributed by atoms with E-state index in [0.717, 1.165) is 84.6 Å². The zero-order chi connectivity index (χ0) is 55.7. The van der Waals surface area contributed by atoms with E-state index in [1.165, 1.54) is 33.4 Å². The third-order valence-electron chi connectivity index (χ3n) is 17.0. The third-order valence-corrected chi connectivity index (χ3v) is 17.0. The Morgan fingerprint density at radius 2 is 0.976 bits per heavy atom. The van der Waals surface area contributed by atoms with Gasteiger partial charge in [-0.3, -0.25) is 0 Å². The molecule has 0 amide bonds. The second-order valence-electron chi connectivity index (χ2n) is 24.9. The molecule has 8 aromatic carbocycles. The van der Waals surface area contributed by atoms with E-state index in [2.05, 4.69) is 276 Å². The standard InChI is InChI=1S/C73H64N7O.Pt/c1-70(2,3)47-38-40-74-67(43-47)80-58-30-16-11-25-52(58)53-37-36-51(45-64(53)80)81-50-24-21-23-49(44-50)76-46-77(63-35-22-39-75-69(63)76)68-65(78-59-31-17-12-26-54(59)72(7,8)55-27-13-18-32-60(55)78)41-48(71(4,5)6)42-66(68)79-61-33-19-14-28-56(61)73(9,10)57-29-15-20-34-62(57)79;/h11-43,46H,1-10H3;/q-3;. The first-order chi connectivity index (χ1) is 39.0. The Morgan fingerprint density at radius 3 is 1.55 bits per heavy atom. The van der Waals surface area contributed by atoms with Gasteiger partial charge >= 0.3 is 0 Å². The monoisotopic (exact) mass is 1250 g/mol. The summed E-state index contributed by atoms with van der Waals surface area (Å²) in [6, 6.07) is 75.2. The van der Waals surface area contributed by atoms with Crippen LogP contribution in [0.5, 0.6) is 11.5 Å². The Balaban J connectivity index is 0.00000631. The molecule has 0 fully saturated rings. The van der Waals surface area contributed by atoms with Crippen LogP contribution in [0.2, 0.25) is 0 Å². The Hall–Kier alpha value is -8.45. The summed E-state index contributed by atoms with van der Waals surface area (Å²) < 4.78 is 9.03. The van der Waals surface area contributed by atoms with Gasteiger partial charge in [-0.2, -0.15) is 12.1 Å². The van der Waals surface area contributed by atoms with Crippen molar-refractivity contribution in [3.05, 3.63) is 253 Å². The minimum absolute atomic E-state index is 0. The molecule has 8 nitrogen and oxygen atoms in total. The maximum atomic E-state index is 6.83. The average Bonchev–Trinajstić information content (AvgIpc) is 1.61. The molecule has 410 valence electrons. The van der Waals surface area contributed by atoms with Crippen molar-refractivity contribution >= 4 is 78.8 Å². The summed E-state index contributed by atoms with van der Waals surface area (Å²) in [6.45, 7) is 25.3. The molecule has 0 spiro atoms. The van der Waals surface area contributed by atoms with Gasteiger partial charge in [0.15, 0.2) is 0 Å². The van der Waals surface area contributed by atoms with Crippen molar-refractivity contribution in [3.63, 3.8) is 0 Å². The molecule has 0 aliphatic carbocycles. The van der Waals surface area contributed by atoms with Crippen LogP contribution in [0.3, 0.4) is 0 Å². The second kappa shape index (κ2) is 19.3. The van der Waals surface area contributed by atoms with Gasteiger partial charge in [-0.05, 0) is 116 Å². The fourth-order valence-electron chi connectivity index (χ4n) is 12.8. The third kappa shape index (κ3) is 8.35. The summed E-state index contributed by atoms with van der Waals surface area (Å²) in [5.41, 5.74) is 18.0.